The van der Waals surface area contributed by atoms with E-state index in [0.717, 1.165) is 11.1 Å². The van der Waals surface area contributed by atoms with Gasteiger partial charge in [-0.25, -0.2) is 0 Å². The van der Waals surface area contributed by atoms with Crippen LogP contribution in [0.5, 0.6) is 0 Å². The van der Waals surface area contributed by atoms with Gasteiger partial charge in [-0.3, -0.25) is 0 Å². The first-order valence-corrected chi connectivity index (χ1v) is 9.39. The van der Waals surface area contributed by atoms with E-state index in [9.17, 15) is 5.11 Å². The SMILES string of the molecule is COC1OC(COCc2ccccc2)C(OCc2ccccc2)C(OC)C1O. The molecule has 0 aliphatic carbocycles. The highest BCUT2D eigenvalue weighted by Gasteiger charge is 2.46. The number of aliphatic hydroxyl groups excluding tert-OH is 1. The Kier molecular flexibility index (Phi) is 7.97. The fourth-order valence-electron chi connectivity index (χ4n) is 3.33. The number of methoxy groups -OCH3 is 2. The molecule has 152 valence electrons. The number of benzene rings is 2. The van der Waals surface area contributed by atoms with Gasteiger partial charge in [0.15, 0.2) is 6.29 Å². The third-order valence-electron chi connectivity index (χ3n) is 4.80. The Morgan fingerprint density at radius 2 is 1.43 bits per heavy atom. The molecule has 0 amide bonds. The molecule has 1 saturated heterocycles. The number of ether oxygens (including phenoxy) is 5. The molecule has 0 bridgehead atoms. The highest BCUT2D eigenvalue weighted by Crippen LogP contribution is 2.27. The quantitative estimate of drug-likeness (QED) is 0.712. The number of hydrogen-bond donors (Lipinski definition) is 1. The first-order valence-electron chi connectivity index (χ1n) is 9.39. The lowest BCUT2D eigenvalue weighted by Gasteiger charge is -2.43. The molecule has 5 atom stereocenters. The normalized spacial score (nSPS) is 27.6. The lowest BCUT2D eigenvalue weighted by Crippen LogP contribution is -2.60. The Morgan fingerprint density at radius 3 is 2.00 bits per heavy atom. The minimum atomic E-state index is -0.957. The van der Waals surface area contributed by atoms with Crippen LogP contribution in [0.1, 0.15) is 11.1 Å². The van der Waals surface area contributed by atoms with Crippen molar-refractivity contribution < 1.29 is 28.8 Å². The van der Waals surface area contributed by atoms with Crippen molar-refractivity contribution >= 4 is 0 Å². The standard InChI is InChI=1S/C22H28O6/c1-24-21-19(23)22(25-2)28-18(15-26-13-16-9-5-3-6-10-16)20(21)27-14-17-11-7-4-8-12-17/h3-12,18-23H,13-15H2,1-2H3. The summed E-state index contributed by atoms with van der Waals surface area (Å²) < 4.78 is 28.7. The van der Waals surface area contributed by atoms with Gasteiger partial charge in [-0.15, -0.1) is 0 Å². The van der Waals surface area contributed by atoms with Crippen LogP contribution in [0.3, 0.4) is 0 Å². The Balaban J connectivity index is 1.66. The summed E-state index contributed by atoms with van der Waals surface area (Å²) in [5.74, 6) is 0. The van der Waals surface area contributed by atoms with E-state index >= 15 is 0 Å². The second-order valence-electron chi connectivity index (χ2n) is 6.73. The molecule has 0 aromatic heterocycles. The van der Waals surface area contributed by atoms with Gasteiger partial charge in [0.1, 0.15) is 24.4 Å². The van der Waals surface area contributed by atoms with Gasteiger partial charge in [0.2, 0.25) is 0 Å². The third kappa shape index (κ3) is 5.38. The largest absolute Gasteiger partial charge is 0.385 e. The van der Waals surface area contributed by atoms with Crippen molar-refractivity contribution in [2.45, 2.75) is 43.9 Å². The zero-order chi connectivity index (χ0) is 19.8. The predicted molar refractivity (Wildman–Crippen MR) is 104 cm³/mol. The van der Waals surface area contributed by atoms with Crippen LogP contribution < -0.4 is 0 Å². The fraction of sp³-hybridized carbons (Fsp3) is 0.455. The van der Waals surface area contributed by atoms with Crippen LogP contribution in [-0.2, 0) is 36.9 Å². The average Bonchev–Trinajstić information content (AvgIpc) is 2.74. The highest BCUT2D eigenvalue weighted by atomic mass is 16.7. The molecule has 6 nitrogen and oxygen atoms in total. The summed E-state index contributed by atoms with van der Waals surface area (Å²) in [5, 5.41) is 10.5. The Hall–Kier alpha value is -1.80. The molecule has 1 N–H and O–H groups in total. The van der Waals surface area contributed by atoms with Crippen molar-refractivity contribution in [1.29, 1.82) is 0 Å². The van der Waals surface area contributed by atoms with E-state index in [1.807, 2.05) is 60.7 Å². The molecule has 1 aliphatic rings. The molecule has 6 heteroatoms. The molecule has 1 aliphatic heterocycles. The van der Waals surface area contributed by atoms with Gasteiger partial charge in [-0.1, -0.05) is 60.7 Å². The smallest absolute Gasteiger partial charge is 0.186 e. The number of hydrogen-bond acceptors (Lipinski definition) is 6. The van der Waals surface area contributed by atoms with E-state index in [4.69, 9.17) is 23.7 Å². The lowest BCUT2D eigenvalue weighted by molar-refractivity contribution is -0.308. The molecule has 2 aromatic rings. The Bertz CT molecular complexity index is 680. The summed E-state index contributed by atoms with van der Waals surface area (Å²) in [4.78, 5) is 0. The highest BCUT2D eigenvalue weighted by molar-refractivity contribution is 5.14. The molecule has 1 fully saturated rings. The van der Waals surface area contributed by atoms with Gasteiger partial charge in [0.05, 0.1) is 19.8 Å². The lowest BCUT2D eigenvalue weighted by atomic mass is 9.98. The first kappa shape index (κ1) is 20.9. The molecular formula is C22H28O6. The molecule has 0 saturated carbocycles. The molecule has 5 unspecified atom stereocenters. The van der Waals surface area contributed by atoms with Crippen molar-refractivity contribution in [1.82, 2.24) is 0 Å². The second-order valence-corrected chi connectivity index (χ2v) is 6.73. The van der Waals surface area contributed by atoms with Crippen LogP contribution in [0.4, 0.5) is 0 Å². The predicted octanol–water partition coefficient (Wildman–Crippen LogP) is 2.54. The van der Waals surface area contributed by atoms with Crippen LogP contribution >= 0.6 is 0 Å². The molecule has 1 heterocycles. The summed E-state index contributed by atoms with van der Waals surface area (Å²) in [6, 6.07) is 19.8. The zero-order valence-corrected chi connectivity index (χ0v) is 16.3. The monoisotopic (exact) mass is 388 g/mol. The van der Waals surface area contributed by atoms with E-state index in [1.54, 1.807) is 7.11 Å². The van der Waals surface area contributed by atoms with Gasteiger partial charge in [0.25, 0.3) is 0 Å². The van der Waals surface area contributed by atoms with Crippen molar-refractivity contribution in [2.24, 2.45) is 0 Å². The average molecular weight is 388 g/mol. The van der Waals surface area contributed by atoms with Crippen molar-refractivity contribution in [3.63, 3.8) is 0 Å². The van der Waals surface area contributed by atoms with Crippen LogP contribution in [0.25, 0.3) is 0 Å². The third-order valence-corrected chi connectivity index (χ3v) is 4.80. The summed E-state index contributed by atoms with van der Waals surface area (Å²) in [7, 11) is 3.04. The van der Waals surface area contributed by atoms with E-state index in [-0.39, 0.29) is 0 Å². The minimum Gasteiger partial charge on any atom is -0.385 e. The van der Waals surface area contributed by atoms with Crippen molar-refractivity contribution in [3.8, 4) is 0 Å². The Morgan fingerprint density at radius 1 is 0.821 bits per heavy atom. The van der Waals surface area contributed by atoms with Crippen LogP contribution in [-0.4, -0.2) is 56.6 Å². The maximum Gasteiger partial charge on any atom is 0.186 e. The van der Waals surface area contributed by atoms with Crippen LogP contribution in [0.2, 0.25) is 0 Å². The van der Waals surface area contributed by atoms with E-state index in [2.05, 4.69) is 0 Å². The molecule has 2 aromatic carbocycles. The summed E-state index contributed by atoms with van der Waals surface area (Å²) >= 11 is 0. The summed E-state index contributed by atoms with van der Waals surface area (Å²) in [5.41, 5.74) is 2.11. The molecule has 3 rings (SSSR count). The van der Waals surface area contributed by atoms with Gasteiger partial charge in [-0.2, -0.15) is 0 Å². The van der Waals surface area contributed by atoms with Crippen LogP contribution in [0, 0.1) is 0 Å². The van der Waals surface area contributed by atoms with E-state index < -0.39 is 30.7 Å². The van der Waals surface area contributed by atoms with Crippen molar-refractivity contribution in [3.05, 3.63) is 71.8 Å². The zero-order valence-electron chi connectivity index (χ0n) is 16.3. The Labute approximate surface area is 165 Å². The van der Waals surface area contributed by atoms with Gasteiger partial charge >= 0.3 is 0 Å². The minimum absolute atomic E-state index is 0.292. The number of rotatable bonds is 9. The first-order chi connectivity index (χ1) is 13.7. The maximum atomic E-state index is 10.5. The topological polar surface area (TPSA) is 66.4 Å². The van der Waals surface area contributed by atoms with Crippen LogP contribution in [0.15, 0.2) is 60.7 Å². The maximum absolute atomic E-state index is 10.5. The summed E-state index contributed by atoms with van der Waals surface area (Å²) in [6.45, 7) is 1.14. The molecular weight excluding hydrogens is 360 g/mol. The van der Waals surface area contributed by atoms with Gasteiger partial charge in [0, 0.05) is 14.2 Å². The second kappa shape index (κ2) is 10.7. The molecule has 28 heavy (non-hydrogen) atoms. The van der Waals surface area contributed by atoms with Gasteiger partial charge < -0.3 is 28.8 Å². The molecule has 0 spiro atoms. The van der Waals surface area contributed by atoms with E-state index in [0.29, 0.717) is 19.8 Å². The summed E-state index contributed by atoms with van der Waals surface area (Å²) in [6.07, 6.45) is -3.28. The number of aliphatic hydroxyl groups is 1. The van der Waals surface area contributed by atoms with Gasteiger partial charge in [-0.05, 0) is 11.1 Å². The van der Waals surface area contributed by atoms with Crippen molar-refractivity contribution in [2.75, 3.05) is 20.8 Å². The fourth-order valence-corrected chi connectivity index (χ4v) is 3.33. The van der Waals surface area contributed by atoms with E-state index in [1.165, 1.54) is 7.11 Å². The molecule has 0 radical (unpaired) electrons.